The largest absolute Gasteiger partial charge is 0.330 e. The highest BCUT2D eigenvalue weighted by Crippen LogP contribution is 2.27. The minimum atomic E-state index is -4.16. The number of rotatable bonds is 9. The van der Waals surface area contributed by atoms with E-state index in [0.717, 1.165) is 18.2 Å². The van der Waals surface area contributed by atoms with Crippen LogP contribution in [0.4, 0.5) is 0 Å². The summed E-state index contributed by atoms with van der Waals surface area (Å²) in [5, 5.41) is -2.13. The molecule has 1 aromatic rings. The number of benzene rings is 1. The second-order valence-corrected chi connectivity index (χ2v) is 12.8. The smallest absolute Gasteiger partial charge is 0.195 e. The molecule has 0 fully saturated rings. The van der Waals surface area contributed by atoms with Crippen molar-refractivity contribution in [1.29, 1.82) is 0 Å². The monoisotopic (exact) mass is 427 g/mol. The molecule has 0 saturated carbocycles. The Morgan fingerprint density at radius 3 is 1.77 bits per heavy atom. The molecule has 5 N–H and O–H groups in total. The molecule has 1 aromatic carbocycles. The Hall–Kier alpha value is -1.05. The predicted molar refractivity (Wildman–Crippen MR) is 98.5 cm³/mol. The van der Waals surface area contributed by atoms with Crippen molar-refractivity contribution in [3.8, 4) is 0 Å². The average molecular weight is 428 g/mol. The molecule has 150 valence electrons. The molecule has 1 unspecified atom stereocenters. The molecule has 0 heterocycles. The SMILES string of the molecule is CCS(=O)(=O)c1cc(S(=O)(=O)C(C)C)cc(S(=O)(=O)C(CCN)NN)c1. The van der Waals surface area contributed by atoms with Crippen molar-refractivity contribution in [1.82, 2.24) is 5.43 Å². The molecule has 0 amide bonds. The van der Waals surface area contributed by atoms with Gasteiger partial charge in [0.25, 0.3) is 0 Å². The zero-order valence-electron chi connectivity index (χ0n) is 14.8. The predicted octanol–water partition coefficient (Wildman–Crippen LogP) is -0.426. The van der Waals surface area contributed by atoms with E-state index in [1.807, 2.05) is 0 Å². The first-order valence-electron chi connectivity index (χ1n) is 7.86. The first kappa shape index (κ1) is 23.0. The van der Waals surface area contributed by atoms with E-state index in [0.29, 0.717) is 0 Å². The van der Waals surface area contributed by atoms with Crippen molar-refractivity contribution in [2.24, 2.45) is 11.6 Å². The van der Waals surface area contributed by atoms with Crippen LogP contribution < -0.4 is 17.0 Å². The molecular formula is C14H25N3O6S3. The lowest BCUT2D eigenvalue weighted by atomic mass is 10.4. The van der Waals surface area contributed by atoms with Crippen LogP contribution in [0.3, 0.4) is 0 Å². The first-order valence-corrected chi connectivity index (χ1v) is 12.6. The lowest BCUT2D eigenvalue weighted by Crippen LogP contribution is -2.42. The van der Waals surface area contributed by atoms with Gasteiger partial charge in [0.15, 0.2) is 29.5 Å². The summed E-state index contributed by atoms with van der Waals surface area (Å²) in [6.45, 7) is 4.23. The van der Waals surface area contributed by atoms with Crippen molar-refractivity contribution in [2.75, 3.05) is 12.3 Å². The van der Waals surface area contributed by atoms with Gasteiger partial charge in [-0.1, -0.05) is 6.92 Å². The Balaban J connectivity index is 3.82. The summed E-state index contributed by atoms with van der Waals surface area (Å²) < 4.78 is 75.0. The van der Waals surface area contributed by atoms with Crippen LogP contribution in [0.2, 0.25) is 0 Å². The van der Waals surface area contributed by atoms with Gasteiger partial charge in [-0.15, -0.1) is 0 Å². The van der Waals surface area contributed by atoms with Gasteiger partial charge in [0, 0.05) is 0 Å². The third-order valence-electron chi connectivity index (χ3n) is 3.86. The van der Waals surface area contributed by atoms with Gasteiger partial charge in [-0.2, -0.15) is 0 Å². The van der Waals surface area contributed by atoms with Gasteiger partial charge in [0.05, 0.1) is 25.7 Å². The molecule has 0 aliphatic rings. The fourth-order valence-electron chi connectivity index (χ4n) is 2.14. The van der Waals surface area contributed by atoms with E-state index in [2.05, 4.69) is 5.43 Å². The van der Waals surface area contributed by atoms with E-state index in [-0.39, 0.29) is 28.5 Å². The lowest BCUT2D eigenvalue weighted by molar-refractivity contribution is 0.540. The number of sulfone groups is 3. The molecule has 9 nitrogen and oxygen atoms in total. The van der Waals surface area contributed by atoms with Crippen LogP contribution in [0.15, 0.2) is 32.9 Å². The fourth-order valence-corrected chi connectivity index (χ4v) is 5.97. The number of hydrogen-bond acceptors (Lipinski definition) is 9. The van der Waals surface area contributed by atoms with Crippen LogP contribution in [0.25, 0.3) is 0 Å². The van der Waals surface area contributed by atoms with Crippen LogP contribution in [0.1, 0.15) is 27.2 Å². The summed E-state index contributed by atoms with van der Waals surface area (Å²) >= 11 is 0. The van der Waals surface area contributed by atoms with E-state index in [1.54, 1.807) is 0 Å². The Kier molecular flexibility index (Phi) is 7.35. The van der Waals surface area contributed by atoms with Crippen molar-refractivity contribution in [3.63, 3.8) is 0 Å². The maximum Gasteiger partial charge on any atom is 0.195 e. The van der Waals surface area contributed by atoms with E-state index < -0.39 is 45.0 Å². The van der Waals surface area contributed by atoms with Crippen LogP contribution >= 0.6 is 0 Å². The molecule has 1 atom stereocenters. The van der Waals surface area contributed by atoms with Crippen molar-refractivity contribution in [3.05, 3.63) is 18.2 Å². The van der Waals surface area contributed by atoms with Gasteiger partial charge in [0.1, 0.15) is 5.37 Å². The van der Waals surface area contributed by atoms with E-state index in [4.69, 9.17) is 11.6 Å². The normalized spacial score (nSPS) is 14.5. The van der Waals surface area contributed by atoms with E-state index in [9.17, 15) is 25.3 Å². The molecule has 0 saturated heterocycles. The highest BCUT2D eigenvalue weighted by molar-refractivity contribution is 7.93. The minimum Gasteiger partial charge on any atom is -0.330 e. The zero-order chi connectivity index (χ0) is 20.3. The Labute approximate surface area is 154 Å². The third-order valence-corrected chi connectivity index (χ3v) is 9.72. The highest BCUT2D eigenvalue weighted by Gasteiger charge is 2.30. The summed E-state index contributed by atoms with van der Waals surface area (Å²) in [4.78, 5) is -1.18. The van der Waals surface area contributed by atoms with Crippen LogP contribution in [0.5, 0.6) is 0 Å². The van der Waals surface area contributed by atoms with Crippen LogP contribution in [-0.2, 0) is 29.5 Å². The maximum atomic E-state index is 12.8. The Morgan fingerprint density at radius 1 is 0.923 bits per heavy atom. The summed E-state index contributed by atoms with van der Waals surface area (Å²) in [5.41, 5.74) is 7.52. The van der Waals surface area contributed by atoms with Gasteiger partial charge in [-0.3, -0.25) is 5.84 Å². The Morgan fingerprint density at radius 2 is 1.38 bits per heavy atom. The number of hydrogen-bond donors (Lipinski definition) is 3. The third kappa shape index (κ3) is 4.61. The quantitative estimate of drug-likeness (QED) is 0.350. The molecule has 0 radical (unpaired) electrons. The molecule has 0 aromatic heterocycles. The highest BCUT2D eigenvalue weighted by atomic mass is 32.2. The standard InChI is InChI=1S/C14H25N3O6S3/c1-4-24(18,19)11-7-12(25(20,21)10(2)3)9-13(8-11)26(22,23)14(17-16)5-6-15/h7-10,14,17H,4-6,15-16H2,1-3H3. The molecule has 0 bridgehead atoms. The van der Waals surface area contributed by atoms with Gasteiger partial charge in [-0.25, -0.2) is 30.7 Å². The van der Waals surface area contributed by atoms with E-state index >= 15 is 0 Å². The van der Waals surface area contributed by atoms with Gasteiger partial charge in [0.2, 0.25) is 0 Å². The molecule has 26 heavy (non-hydrogen) atoms. The molecule has 12 heteroatoms. The fraction of sp³-hybridized carbons (Fsp3) is 0.571. The van der Waals surface area contributed by atoms with Gasteiger partial charge < -0.3 is 5.73 Å². The van der Waals surface area contributed by atoms with Gasteiger partial charge >= 0.3 is 0 Å². The summed E-state index contributed by atoms with van der Waals surface area (Å²) in [7, 11) is -11.9. The molecule has 1 rings (SSSR count). The molecule has 0 aliphatic carbocycles. The lowest BCUT2D eigenvalue weighted by Gasteiger charge is -2.18. The van der Waals surface area contributed by atoms with Crippen molar-refractivity contribution in [2.45, 2.75) is 52.5 Å². The number of nitrogens with one attached hydrogen (secondary N) is 1. The van der Waals surface area contributed by atoms with Crippen molar-refractivity contribution < 1.29 is 25.3 Å². The summed E-state index contributed by atoms with van der Waals surface area (Å²) in [5.74, 6) is 4.98. The summed E-state index contributed by atoms with van der Waals surface area (Å²) in [6.07, 6.45) is -0.0319. The van der Waals surface area contributed by atoms with E-state index in [1.165, 1.54) is 20.8 Å². The molecule has 0 aliphatic heterocycles. The van der Waals surface area contributed by atoms with Gasteiger partial charge in [-0.05, 0) is 45.0 Å². The second-order valence-electron chi connectivity index (χ2n) is 5.91. The second kappa shape index (κ2) is 8.31. The van der Waals surface area contributed by atoms with Crippen LogP contribution in [-0.4, -0.2) is 48.2 Å². The Bertz CT molecular complexity index is 954. The number of nitrogens with two attached hydrogens (primary N) is 2. The molecular weight excluding hydrogens is 402 g/mol. The topological polar surface area (TPSA) is 166 Å². The van der Waals surface area contributed by atoms with Crippen LogP contribution in [0, 0.1) is 0 Å². The maximum absolute atomic E-state index is 12.8. The average Bonchev–Trinajstić information content (AvgIpc) is 2.58. The summed E-state index contributed by atoms with van der Waals surface area (Å²) in [6, 6.07) is 2.90. The molecule has 0 spiro atoms. The van der Waals surface area contributed by atoms with Crippen molar-refractivity contribution >= 4 is 29.5 Å². The minimum absolute atomic E-state index is 0.0121. The number of hydrazine groups is 1. The first-order chi connectivity index (χ1) is 11.8. The zero-order valence-corrected chi connectivity index (χ0v) is 17.3.